The number of nitrogens with two attached hydrogens (primary N) is 2. The van der Waals surface area contributed by atoms with Crippen LogP contribution in [0.2, 0.25) is 0 Å². The number of methoxy groups -OCH3 is 1. The van der Waals surface area contributed by atoms with E-state index < -0.39 is 5.91 Å². The molecule has 2 rings (SSSR count). The number of ether oxygens (including phenoxy) is 1. The van der Waals surface area contributed by atoms with Crippen molar-refractivity contribution in [3.8, 4) is 5.88 Å². The molecule has 0 unspecified atom stereocenters. The highest BCUT2D eigenvalue weighted by Gasteiger charge is 2.04. The SMILES string of the molecule is COc1cc(Nc2ccc(C(N)=O)cc2)nc(N)n1. The van der Waals surface area contributed by atoms with E-state index >= 15 is 0 Å². The van der Waals surface area contributed by atoms with Crippen LogP contribution in [0.5, 0.6) is 5.88 Å². The molecule has 0 aliphatic carbocycles. The molecular weight excluding hydrogens is 246 g/mol. The van der Waals surface area contributed by atoms with E-state index in [0.717, 1.165) is 5.69 Å². The third-order valence-electron chi connectivity index (χ3n) is 2.37. The van der Waals surface area contributed by atoms with Gasteiger partial charge in [-0.3, -0.25) is 4.79 Å². The van der Waals surface area contributed by atoms with Crippen LogP contribution in [0, 0.1) is 0 Å². The predicted molar refractivity (Wildman–Crippen MR) is 71.2 cm³/mol. The van der Waals surface area contributed by atoms with Gasteiger partial charge in [-0.25, -0.2) is 0 Å². The fourth-order valence-electron chi connectivity index (χ4n) is 1.48. The van der Waals surface area contributed by atoms with Crippen molar-refractivity contribution < 1.29 is 9.53 Å². The summed E-state index contributed by atoms with van der Waals surface area (Å²) in [6, 6.07) is 8.27. The second kappa shape index (κ2) is 5.21. The molecule has 0 saturated heterocycles. The summed E-state index contributed by atoms with van der Waals surface area (Å²) >= 11 is 0. The number of carbonyl (C=O) groups excluding carboxylic acids is 1. The standard InChI is InChI=1S/C12H13N5O2/c1-19-10-6-9(16-12(14)17-10)15-8-4-2-7(3-5-8)11(13)18/h2-6H,1H3,(H2,13,18)(H3,14,15,16,17). The van der Waals surface area contributed by atoms with Gasteiger partial charge in [-0.05, 0) is 24.3 Å². The van der Waals surface area contributed by atoms with E-state index in [9.17, 15) is 4.79 Å². The van der Waals surface area contributed by atoms with E-state index in [1.807, 2.05) is 0 Å². The molecule has 0 spiro atoms. The smallest absolute Gasteiger partial charge is 0.248 e. The summed E-state index contributed by atoms with van der Waals surface area (Å²) in [5.41, 5.74) is 11.9. The molecule has 0 atom stereocenters. The van der Waals surface area contributed by atoms with E-state index in [1.54, 1.807) is 30.3 Å². The van der Waals surface area contributed by atoms with Gasteiger partial charge in [0, 0.05) is 17.3 Å². The van der Waals surface area contributed by atoms with Crippen molar-refractivity contribution in [2.24, 2.45) is 5.73 Å². The maximum absolute atomic E-state index is 10.9. The average molecular weight is 259 g/mol. The molecule has 98 valence electrons. The van der Waals surface area contributed by atoms with Crippen LogP contribution in [0.15, 0.2) is 30.3 Å². The van der Waals surface area contributed by atoms with Gasteiger partial charge in [-0.15, -0.1) is 0 Å². The summed E-state index contributed by atoms with van der Waals surface area (Å²) < 4.78 is 4.99. The maximum atomic E-state index is 10.9. The average Bonchev–Trinajstić information content (AvgIpc) is 2.38. The van der Waals surface area contributed by atoms with Gasteiger partial charge in [0.1, 0.15) is 5.82 Å². The molecule has 19 heavy (non-hydrogen) atoms. The third-order valence-corrected chi connectivity index (χ3v) is 2.37. The van der Waals surface area contributed by atoms with Crippen molar-refractivity contribution in [2.75, 3.05) is 18.2 Å². The van der Waals surface area contributed by atoms with Crippen molar-refractivity contribution in [3.63, 3.8) is 0 Å². The predicted octanol–water partition coefficient (Wildman–Crippen LogP) is 0.910. The minimum absolute atomic E-state index is 0.107. The summed E-state index contributed by atoms with van der Waals surface area (Å²) in [7, 11) is 1.49. The van der Waals surface area contributed by atoms with Crippen LogP contribution in [0.4, 0.5) is 17.5 Å². The molecule has 1 heterocycles. The number of nitrogens with zero attached hydrogens (tertiary/aromatic N) is 2. The lowest BCUT2D eigenvalue weighted by Gasteiger charge is -2.08. The van der Waals surface area contributed by atoms with Crippen LogP contribution in [-0.4, -0.2) is 23.0 Å². The molecule has 5 N–H and O–H groups in total. The van der Waals surface area contributed by atoms with Gasteiger partial charge >= 0.3 is 0 Å². The Kier molecular flexibility index (Phi) is 3.46. The summed E-state index contributed by atoms with van der Waals surface area (Å²) in [5.74, 6) is 0.495. The Morgan fingerprint density at radius 3 is 2.53 bits per heavy atom. The number of amides is 1. The first-order valence-corrected chi connectivity index (χ1v) is 5.44. The molecule has 0 aliphatic heterocycles. The van der Waals surface area contributed by atoms with Gasteiger partial charge < -0.3 is 21.5 Å². The van der Waals surface area contributed by atoms with E-state index in [4.69, 9.17) is 16.2 Å². The molecule has 7 heteroatoms. The quantitative estimate of drug-likeness (QED) is 0.751. The number of rotatable bonds is 4. The first-order chi connectivity index (χ1) is 9.08. The van der Waals surface area contributed by atoms with Crippen LogP contribution in [0.1, 0.15) is 10.4 Å². The minimum Gasteiger partial charge on any atom is -0.481 e. The molecule has 2 aromatic rings. The highest BCUT2D eigenvalue weighted by atomic mass is 16.5. The lowest BCUT2D eigenvalue weighted by Crippen LogP contribution is -2.10. The summed E-state index contributed by atoms with van der Waals surface area (Å²) in [6.45, 7) is 0. The third kappa shape index (κ3) is 3.09. The zero-order valence-corrected chi connectivity index (χ0v) is 10.3. The summed E-state index contributed by atoms with van der Waals surface area (Å²) in [5, 5.41) is 3.02. The molecule has 7 nitrogen and oxygen atoms in total. The van der Waals surface area contributed by atoms with Gasteiger partial charge in [0.25, 0.3) is 0 Å². The van der Waals surface area contributed by atoms with Gasteiger partial charge in [0.05, 0.1) is 7.11 Å². The topological polar surface area (TPSA) is 116 Å². The van der Waals surface area contributed by atoms with Gasteiger partial charge in [0.2, 0.25) is 17.7 Å². The van der Waals surface area contributed by atoms with Crippen molar-refractivity contribution in [3.05, 3.63) is 35.9 Å². The lowest BCUT2D eigenvalue weighted by molar-refractivity contribution is 0.100. The Balaban J connectivity index is 2.21. The Morgan fingerprint density at radius 2 is 1.95 bits per heavy atom. The molecule has 0 saturated carbocycles. The fourth-order valence-corrected chi connectivity index (χ4v) is 1.48. The summed E-state index contributed by atoms with van der Waals surface area (Å²) in [4.78, 5) is 18.8. The Bertz CT molecular complexity index is 598. The normalized spacial score (nSPS) is 9.95. The van der Waals surface area contributed by atoms with Crippen molar-refractivity contribution in [1.29, 1.82) is 0 Å². The number of primary amides is 1. The van der Waals surface area contributed by atoms with E-state index in [2.05, 4.69) is 15.3 Å². The number of aromatic nitrogens is 2. The first kappa shape index (κ1) is 12.6. The van der Waals surface area contributed by atoms with Gasteiger partial charge in [-0.2, -0.15) is 9.97 Å². The zero-order chi connectivity index (χ0) is 13.8. The minimum atomic E-state index is -0.473. The molecule has 0 bridgehead atoms. The zero-order valence-electron chi connectivity index (χ0n) is 10.3. The first-order valence-electron chi connectivity index (χ1n) is 5.44. The molecule has 0 radical (unpaired) electrons. The molecular formula is C12H13N5O2. The highest BCUT2D eigenvalue weighted by molar-refractivity contribution is 5.93. The number of hydrogen-bond acceptors (Lipinski definition) is 6. The number of benzene rings is 1. The lowest BCUT2D eigenvalue weighted by atomic mass is 10.2. The largest absolute Gasteiger partial charge is 0.481 e. The second-order valence-electron chi connectivity index (χ2n) is 3.72. The Hall–Kier alpha value is -2.83. The monoisotopic (exact) mass is 259 g/mol. The number of carbonyl (C=O) groups is 1. The van der Waals surface area contributed by atoms with Crippen molar-refractivity contribution in [2.45, 2.75) is 0 Å². The van der Waals surface area contributed by atoms with Gasteiger partial charge in [0.15, 0.2) is 0 Å². The number of nitrogen functional groups attached to an aromatic ring is 1. The molecule has 1 amide bonds. The van der Waals surface area contributed by atoms with E-state index in [0.29, 0.717) is 17.3 Å². The van der Waals surface area contributed by atoms with Crippen molar-refractivity contribution in [1.82, 2.24) is 9.97 Å². The number of hydrogen-bond donors (Lipinski definition) is 3. The molecule has 0 fully saturated rings. The Labute approximate surface area is 109 Å². The number of nitrogens with one attached hydrogen (secondary N) is 1. The molecule has 1 aromatic heterocycles. The van der Waals surface area contributed by atoms with Crippen LogP contribution >= 0.6 is 0 Å². The fraction of sp³-hybridized carbons (Fsp3) is 0.0833. The van der Waals surface area contributed by atoms with E-state index in [-0.39, 0.29) is 5.95 Å². The Morgan fingerprint density at radius 1 is 1.26 bits per heavy atom. The van der Waals surface area contributed by atoms with E-state index in [1.165, 1.54) is 7.11 Å². The number of anilines is 3. The second-order valence-corrected chi connectivity index (χ2v) is 3.72. The summed E-state index contributed by atoms with van der Waals surface area (Å²) in [6.07, 6.45) is 0. The van der Waals surface area contributed by atoms with Crippen LogP contribution in [-0.2, 0) is 0 Å². The molecule has 0 aliphatic rings. The van der Waals surface area contributed by atoms with Crippen LogP contribution in [0.25, 0.3) is 0 Å². The van der Waals surface area contributed by atoms with Crippen LogP contribution < -0.4 is 21.5 Å². The van der Waals surface area contributed by atoms with Crippen LogP contribution in [0.3, 0.4) is 0 Å². The highest BCUT2D eigenvalue weighted by Crippen LogP contribution is 2.19. The molecule has 1 aromatic carbocycles. The maximum Gasteiger partial charge on any atom is 0.248 e. The van der Waals surface area contributed by atoms with Crippen molar-refractivity contribution >= 4 is 23.4 Å². The van der Waals surface area contributed by atoms with Gasteiger partial charge in [-0.1, -0.05) is 0 Å².